The van der Waals surface area contributed by atoms with Crippen LogP contribution in [0.3, 0.4) is 0 Å². The molecule has 23 heavy (non-hydrogen) atoms. The van der Waals surface area contributed by atoms with E-state index in [-0.39, 0.29) is 11.3 Å². The van der Waals surface area contributed by atoms with Crippen molar-refractivity contribution in [3.8, 4) is 0 Å². The minimum Gasteiger partial charge on any atom is -0.445 e. The Bertz CT molecular complexity index is 511. The van der Waals surface area contributed by atoms with Gasteiger partial charge in [-0.15, -0.1) is 0 Å². The van der Waals surface area contributed by atoms with Crippen molar-refractivity contribution in [3.05, 3.63) is 17.3 Å². The summed E-state index contributed by atoms with van der Waals surface area (Å²) < 4.78 is 5.87. The molecule has 1 aromatic heterocycles. The number of nitrogens with one attached hydrogen (secondary N) is 1. The topological polar surface area (TPSA) is 58.4 Å². The molecule has 2 rings (SSSR count). The number of carbonyl (C=O) groups excluding carboxylic acids is 1. The number of carbonyl (C=O) groups is 1. The van der Waals surface area contributed by atoms with Crippen LogP contribution in [0.25, 0.3) is 0 Å². The molecule has 1 aliphatic rings. The minimum atomic E-state index is -0.0627. The fraction of sp³-hybridized carbons (Fsp3) is 0.778. The van der Waals surface area contributed by atoms with Crippen LogP contribution in [0.2, 0.25) is 0 Å². The second-order valence-electron chi connectivity index (χ2n) is 7.53. The average molecular weight is 321 g/mol. The van der Waals surface area contributed by atoms with E-state index >= 15 is 0 Å². The molecule has 0 aliphatic carbocycles. The molecule has 1 saturated heterocycles. The number of amides is 1. The predicted molar refractivity (Wildman–Crippen MR) is 91.6 cm³/mol. The molecule has 1 N–H and O–H groups in total. The molecular weight excluding hydrogens is 290 g/mol. The number of oxazole rings is 1. The normalized spacial score (nSPS) is 16.0. The van der Waals surface area contributed by atoms with Gasteiger partial charge in [-0.25, -0.2) is 4.98 Å². The fourth-order valence-electron chi connectivity index (χ4n) is 2.81. The first-order chi connectivity index (χ1) is 10.9. The molecule has 130 valence electrons. The zero-order chi connectivity index (χ0) is 16.9. The third-order valence-electron chi connectivity index (χ3n) is 4.29. The zero-order valence-electron chi connectivity index (χ0n) is 15.1. The number of aryl methyl sites for hydroxylation is 2. The Morgan fingerprint density at radius 3 is 2.61 bits per heavy atom. The van der Waals surface area contributed by atoms with Gasteiger partial charge in [-0.3, -0.25) is 4.79 Å². The second-order valence-corrected chi connectivity index (χ2v) is 7.53. The molecule has 0 unspecified atom stereocenters. The van der Waals surface area contributed by atoms with Crippen molar-refractivity contribution >= 4 is 5.91 Å². The molecule has 0 radical (unpaired) electrons. The van der Waals surface area contributed by atoms with Crippen LogP contribution in [0.5, 0.6) is 0 Å². The van der Waals surface area contributed by atoms with Crippen molar-refractivity contribution in [2.24, 2.45) is 0 Å². The Morgan fingerprint density at radius 2 is 2.00 bits per heavy atom. The lowest BCUT2D eigenvalue weighted by molar-refractivity contribution is -0.121. The molecular formula is C18H31N3O2. The first-order valence-electron chi connectivity index (χ1n) is 8.82. The molecule has 1 aliphatic heterocycles. The SMILES string of the molecule is Cc1nc(C(C)(C)C)oc1CCCNC(=O)CCN1CCCC1. The van der Waals surface area contributed by atoms with E-state index in [0.717, 1.165) is 49.8 Å². The van der Waals surface area contributed by atoms with E-state index in [4.69, 9.17) is 4.42 Å². The molecule has 2 heterocycles. The summed E-state index contributed by atoms with van der Waals surface area (Å²) >= 11 is 0. The number of rotatable bonds is 7. The summed E-state index contributed by atoms with van der Waals surface area (Å²) in [5, 5.41) is 3.01. The summed E-state index contributed by atoms with van der Waals surface area (Å²) in [6.45, 7) is 12.2. The van der Waals surface area contributed by atoms with E-state index in [9.17, 15) is 4.79 Å². The highest BCUT2D eigenvalue weighted by atomic mass is 16.4. The summed E-state index contributed by atoms with van der Waals surface area (Å²) in [5.41, 5.74) is 0.905. The number of hydrogen-bond acceptors (Lipinski definition) is 4. The third kappa shape index (κ3) is 5.65. The second kappa shape index (κ2) is 7.95. The summed E-state index contributed by atoms with van der Waals surface area (Å²) in [6, 6.07) is 0. The van der Waals surface area contributed by atoms with Gasteiger partial charge < -0.3 is 14.6 Å². The van der Waals surface area contributed by atoms with Gasteiger partial charge in [0.2, 0.25) is 5.91 Å². The van der Waals surface area contributed by atoms with Gasteiger partial charge in [0.15, 0.2) is 5.89 Å². The Balaban J connectivity index is 1.65. The maximum absolute atomic E-state index is 11.8. The number of hydrogen-bond donors (Lipinski definition) is 1. The highest BCUT2D eigenvalue weighted by Gasteiger charge is 2.22. The Kier molecular flexibility index (Phi) is 6.22. The maximum Gasteiger partial charge on any atom is 0.221 e. The van der Waals surface area contributed by atoms with E-state index in [1.54, 1.807) is 0 Å². The quantitative estimate of drug-likeness (QED) is 0.785. The van der Waals surface area contributed by atoms with Gasteiger partial charge in [-0.2, -0.15) is 0 Å². The zero-order valence-corrected chi connectivity index (χ0v) is 15.1. The van der Waals surface area contributed by atoms with Crippen LogP contribution in [0.4, 0.5) is 0 Å². The summed E-state index contributed by atoms with van der Waals surface area (Å²) in [7, 11) is 0. The van der Waals surface area contributed by atoms with E-state index in [1.165, 1.54) is 12.8 Å². The molecule has 0 spiro atoms. The van der Waals surface area contributed by atoms with Crippen molar-refractivity contribution in [1.82, 2.24) is 15.2 Å². The highest BCUT2D eigenvalue weighted by Crippen LogP contribution is 2.24. The lowest BCUT2D eigenvalue weighted by atomic mass is 9.97. The lowest BCUT2D eigenvalue weighted by Crippen LogP contribution is -2.30. The average Bonchev–Trinajstić information content (AvgIpc) is 3.10. The third-order valence-corrected chi connectivity index (χ3v) is 4.29. The Morgan fingerprint density at radius 1 is 1.30 bits per heavy atom. The maximum atomic E-state index is 11.8. The smallest absolute Gasteiger partial charge is 0.221 e. The van der Waals surface area contributed by atoms with Gasteiger partial charge >= 0.3 is 0 Å². The standard InChI is InChI=1S/C18H31N3O2/c1-14-15(23-17(20-14)18(2,3)4)8-7-10-19-16(22)9-13-21-11-5-6-12-21/h5-13H2,1-4H3,(H,19,22). The first-order valence-corrected chi connectivity index (χ1v) is 8.82. The van der Waals surface area contributed by atoms with Crippen LogP contribution in [0.1, 0.15) is 63.8 Å². The van der Waals surface area contributed by atoms with E-state index in [1.807, 2.05) is 6.92 Å². The number of aromatic nitrogens is 1. The number of likely N-dealkylation sites (tertiary alicyclic amines) is 1. The number of nitrogens with zero attached hydrogens (tertiary/aromatic N) is 2. The van der Waals surface area contributed by atoms with Crippen LogP contribution in [0.15, 0.2) is 4.42 Å². The molecule has 0 atom stereocenters. The largest absolute Gasteiger partial charge is 0.445 e. The van der Waals surface area contributed by atoms with Crippen LogP contribution >= 0.6 is 0 Å². The summed E-state index contributed by atoms with van der Waals surface area (Å²) in [6.07, 6.45) is 4.86. The van der Waals surface area contributed by atoms with Gasteiger partial charge in [0, 0.05) is 31.3 Å². The molecule has 1 aromatic rings. The minimum absolute atomic E-state index is 0.0627. The van der Waals surface area contributed by atoms with E-state index < -0.39 is 0 Å². The lowest BCUT2D eigenvalue weighted by Gasteiger charge is -2.13. The van der Waals surface area contributed by atoms with Gasteiger partial charge in [-0.05, 0) is 39.3 Å². The van der Waals surface area contributed by atoms with Crippen molar-refractivity contribution in [1.29, 1.82) is 0 Å². The molecule has 1 fully saturated rings. The Hall–Kier alpha value is -1.36. The molecule has 0 bridgehead atoms. The van der Waals surface area contributed by atoms with Crippen molar-refractivity contribution in [3.63, 3.8) is 0 Å². The van der Waals surface area contributed by atoms with Gasteiger partial charge in [0.1, 0.15) is 5.76 Å². The van der Waals surface area contributed by atoms with E-state index in [2.05, 4.69) is 36.0 Å². The van der Waals surface area contributed by atoms with Gasteiger partial charge in [0.05, 0.1) is 5.69 Å². The van der Waals surface area contributed by atoms with Crippen LogP contribution in [-0.4, -0.2) is 42.0 Å². The molecule has 5 nitrogen and oxygen atoms in total. The molecule has 1 amide bonds. The summed E-state index contributed by atoms with van der Waals surface area (Å²) in [4.78, 5) is 18.7. The van der Waals surface area contributed by atoms with E-state index in [0.29, 0.717) is 13.0 Å². The van der Waals surface area contributed by atoms with Crippen molar-refractivity contribution in [2.75, 3.05) is 26.2 Å². The highest BCUT2D eigenvalue weighted by molar-refractivity contribution is 5.76. The Labute approximate surface area is 139 Å². The van der Waals surface area contributed by atoms with Crippen molar-refractivity contribution < 1.29 is 9.21 Å². The summed E-state index contributed by atoms with van der Waals surface area (Å²) in [5.74, 6) is 1.89. The van der Waals surface area contributed by atoms with Crippen LogP contribution in [0, 0.1) is 6.92 Å². The predicted octanol–water partition coefficient (Wildman–Crippen LogP) is 2.82. The molecule has 5 heteroatoms. The van der Waals surface area contributed by atoms with Crippen LogP contribution in [-0.2, 0) is 16.6 Å². The monoisotopic (exact) mass is 321 g/mol. The first kappa shape index (κ1) is 18.0. The van der Waals surface area contributed by atoms with Gasteiger partial charge in [-0.1, -0.05) is 20.8 Å². The van der Waals surface area contributed by atoms with Gasteiger partial charge in [0.25, 0.3) is 0 Å². The molecule has 0 aromatic carbocycles. The van der Waals surface area contributed by atoms with Crippen LogP contribution < -0.4 is 5.32 Å². The van der Waals surface area contributed by atoms with Crippen molar-refractivity contribution in [2.45, 2.75) is 65.2 Å². The molecule has 0 saturated carbocycles. The fourth-order valence-corrected chi connectivity index (χ4v) is 2.81.